The van der Waals surface area contributed by atoms with Gasteiger partial charge in [0.05, 0.1) is 13.2 Å². The van der Waals surface area contributed by atoms with Crippen LogP contribution in [0.1, 0.15) is 27.8 Å². The van der Waals surface area contributed by atoms with Crippen molar-refractivity contribution in [2.45, 2.75) is 47.6 Å². The summed E-state index contributed by atoms with van der Waals surface area (Å²) in [5.74, 6) is -0.104. The minimum absolute atomic E-state index is 0.104. The molecule has 2 fully saturated rings. The van der Waals surface area contributed by atoms with Crippen molar-refractivity contribution in [2.24, 2.45) is 0 Å². The Bertz CT molecular complexity index is 1370. The predicted molar refractivity (Wildman–Crippen MR) is 156 cm³/mol. The van der Waals surface area contributed by atoms with Gasteiger partial charge in [0.1, 0.15) is 36.5 Å². The second-order valence-corrected chi connectivity index (χ2v) is 11.1. The number of rotatable bonds is 10. The van der Waals surface area contributed by atoms with Crippen LogP contribution in [0.25, 0.3) is 0 Å². The van der Waals surface area contributed by atoms with Crippen LogP contribution in [-0.2, 0) is 30.3 Å². The van der Waals surface area contributed by atoms with Crippen molar-refractivity contribution in [1.82, 2.24) is 0 Å². The fourth-order valence-electron chi connectivity index (χ4n) is 5.07. The van der Waals surface area contributed by atoms with Gasteiger partial charge in [-0.15, -0.1) is 0 Å². The first-order valence-electron chi connectivity index (χ1n) is 13.8. The summed E-state index contributed by atoms with van der Waals surface area (Å²) in [6, 6.07) is 39.1. The molecule has 0 N–H and O–H groups in total. The standard InChI is InChI=1S/C34H32O6S/c35-28(25-15-7-2-8-16-25)22-37-32-31(36-21-24-13-5-1-6-14-24)30-29(39-34(32)41-27-19-11-4-12-20-27)23-38-33(40-30)26-17-9-3-10-18-26/h1-20,29-34H,21-23H2/t29-,30-,31+,32+,33?,34-/m1/s1. The third-order valence-corrected chi connectivity index (χ3v) is 8.29. The lowest BCUT2D eigenvalue weighted by atomic mass is 9.98. The minimum Gasteiger partial charge on any atom is -0.368 e. The van der Waals surface area contributed by atoms with E-state index in [1.807, 2.05) is 109 Å². The van der Waals surface area contributed by atoms with Crippen molar-refractivity contribution in [3.05, 3.63) is 138 Å². The van der Waals surface area contributed by atoms with Crippen LogP contribution in [0.4, 0.5) is 0 Å². The van der Waals surface area contributed by atoms with Crippen molar-refractivity contribution in [3.8, 4) is 0 Å². The highest BCUT2D eigenvalue weighted by atomic mass is 32.2. The number of ketones is 1. The molecule has 2 heterocycles. The summed E-state index contributed by atoms with van der Waals surface area (Å²) in [5, 5.41) is 0. The average Bonchev–Trinajstić information content (AvgIpc) is 3.04. The predicted octanol–water partition coefficient (Wildman–Crippen LogP) is 6.47. The molecule has 2 aliphatic rings. The molecule has 2 saturated heterocycles. The first-order valence-corrected chi connectivity index (χ1v) is 14.7. The second-order valence-electron chi connectivity index (χ2n) is 9.98. The van der Waals surface area contributed by atoms with Crippen LogP contribution in [0.2, 0.25) is 0 Å². The maximum atomic E-state index is 13.1. The zero-order valence-electron chi connectivity index (χ0n) is 22.5. The zero-order valence-corrected chi connectivity index (χ0v) is 23.3. The Labute approximate surface area is 244 Å². The maximum Gasteiger partial charge on any atom is 0.188 e. The van der Waals surface area contributed by atoms with E-state index >= 15 is 0 Å². The van der Waals surface area contributed by atoms with E-state index in [1.165, 1.54) is 0 Å². The van der Waals surface area contributed by atoms with E-state index in [1.54, 1.807) is 23.9 Å². The molecule has 0 bridgehead atoms. The van der Waals surface area contributed by atoms with Crippen LogP contribution in [0.5, 0.6) is 0 Å². The van der Waals surface area contributed by atoms with Crippen molar-refractivity contribution < 1.29 is 28.5 Å². The molecule has 4 aromatic rings. The molecule has 0 spiro atoms. The van der Waals surface area contributed by atoms with Crippen LogP contribution in [0, 0.1) is 0 Å². The lowest BCUT2D eigenvalue weighted by Gasteiger charge is -2.49. The molecule has 41 heavy (non-hydrogen) atoms. The van der Waals surface area contributed by atoms with Gasteiger partial charge in [0, 0.05) is 16.0 Å². The van der Waals surface area contributed by atoms with Gasteiger partial charge in [-0.2, -0.15) is 0 Å². The van der Waals surface area contributed by atoms with E-state index in [0.29, 0.717) is 18.8 Å². The number of thioether (sulfide) groups is 1. The topological polar surface area (TPSA) is 63.2 Å². The van der Waals surface area contributed by atoms with E-state index in [4.69, 9.17) is 23.7 Å². The van der Waals surface area contributed by atoms with Crippen molar-refractivity contribution in [3.63, 3.8) is 0 Å². The number of carbonyl (C=O) groups excluding carboxylic acids is 1. The molecule has 2 aliphatic heterocycles. The highest BCUT2D eigenvalue weighted by Crippen LogP contribution is 2.41. The van der Waals surface area contributed by atoms with Crippen molar-refractivity contribution in [2.75, 3.05) is 13.2 Å². The average molecular weight is 569 g/mol. The molecule has 6 atom stereocenters. The van der Waals surface area contributed by atoms with Gasteiger partial charge >= 0.3 is 0 Å². The van der Waals surface area contributed by atoms with Crippen LogP contribution in [0.3, 0.4) is 0 Å². The molecule has 6 nitrogen and oxygen atoms in total. The van der Waals surface area contributed by atoms with Gasteiger partial charge in [-0.3, -0.25) is 4.79 Å². The monoisotopic (exact) mass is 568 g/mol. The Morgan fingerprint density at radius 1 is 0.732 bits per heavy atom. The van der Waals surface area contributed by atoms with E-state index in [0.717, 1.165) is 16.0 Å². The van der Waals surface area contributed by atoms with E-state index < -0.39 is 30.0 Å². The molecular weight excluding hydrogens is 536 g/mol. The SMILES string of the molecule is O=C(CO[C@H]1[C@@H](OCc2ccccc2)[C@@H]2OC(c3ccccc3)OC[C@H]2O[C@@H]1Sc1ccccc1)c1ccccc1. The van der Waals surface area contributed by atoms with Gasteiger partial charge in [-0.05, 0) is 17.7 Å². The molecule has 7 heteroatoms. The number of hydrogen-bond acceptors (Lipinski definition) is 7. The summed E-state index contributed by atoms with van der Waals surface area (Å²) < 4.78 is 32.4. The molecule has 1 unspecified atom stereocenters. The highest BCUT2D eigenvalue weighted by molar-refractivity contribution is 7.99. The van der Waals surface area contributed by atoms with Gasteiger partial charge in [0.2, 0.25) is 0 Å². The first kappa shape index (κ1) is 27.8. The Kier molecular flexibility index (Phi) is 9.22. The van der Waals surface area contributed by atoms with E-state index in [9.17, 15) is 4.79 Å². The largest absolute Gasteiger partial charge is 0.368 e. The fraction of sp³-hybridized carbons (Fsp3) is 0.265. The van der Waals surface area contributed by atoms with Gasteiger partial charge in [0.15, 0.2) is 12.1 Å². The highest BCUT2D eigenvalue weighted by Gasteiger charge is 2.51. The Balaban J connectivity index is 1.29. The molecule has 210 valence electrons. The number of fused-ring (bicyclic) bond motifs is 1. The minimum atomic E-state index is -0.590. The molecule has 6 rings (SSSR count). The summed E-state index contributed by atoms with van der Waals surface area (Å²) in [7, 11) is 0. The fourth-order valence-corrected chi connectivity index (χ4v) is 6.21. The van der Waals surface area contributed by atoms with Gasteiger partial charge < -0.3 is 23.7 Å². The zero-order chi connectivity index (χ0) is 27.9. The Morgan fingerprint density at radius 3 is 2.07 bits per heavy atom. The number of hydrogen-bond donors (Lipinski definition) is 0. The van der Waals surface area contributed by atoms with Crippen molar-refractivity contribution in [1.29, 1.82) is 0 Å². The lowest BCUT2D eigenvalue weighted by Crippen LogP contribution is -2.62. The van der Waals surface area contributed by atoms with Crippen LogP contribution in [0.15, 0.2) is 126 Å². The molecule has 0 radical (unpaired) electrons. The third-order valence-electron chi connectivity index (χ3n) is 7.14. The maximum absolute atomic E-state index is 13.1. The molecular formula is C34H32O6S. The van der Waals surface area contributed by atoms with Gasteiger partial charge in [-0.1, -0.05) is 121 Å². The number of carbonyl (C=O) groups is 1. The first-order chi connectivity index (χ1) is 20.2. The molecule has 0 saturated carbocycles. The van der Waals surface area contributed by atoms with Gasteiger partial charge in [0.25, 0.3) is 0 Å². The smallest absolute Gasteiger partial charge is 0.188 e. The van der Waals surface area contributed by atoms with E-state index in [2.05, 4.69) is 0 Å². The van der Waals surface area contributed by atoms with E-state index in [-0.39, 0.29) is 18.5 Å². The number of Topliss-reactive ketones (excluding diaryl/α,β-unsaturated/α-hetero) is 1. The Hall–Kier alpha value is -3.30. The summed E-state index contributed by atoms with van der Waals surface area (Å²) in [6.45, 7) is 0.603. The van der Waals surface area contributed by atoms with Gasteiger partial charge in [-0.25, -0.2) is 0 Å². The third kappa shape index (κ3) is 6.96. The van der Waals surface area contributed by atoms with Crippen molar-refractivity contribution >= 4 is 17.5 Å². The van der Waals surface area contributed by atoms with Crippen LogP contribution >= 0.6 is 11.8 Å². The molecule has 0 amide bonds. The number of benzene rings is 4. The number of ether oxygens (including phenoxy) is 5. The summed E-state index contributed by atoms with van der Waals surface area (Å²) in [6.07, 6.45) is -2.52. The quantitative estimate of drug-likeness (QED) is 0.203. The van der Waals surface area contributed by atoms with Crippen LogP contribution in [-0.4, -0.2) is 48.8 Å². The summed E-state index contributed by atoms with van der Waals surface area (Å²) >= 11 is 1.55. The molecule has 0 aliphatic carbocycles. The molecule has 0 aromatic heterocycles. The summed E-state index contributed by atoms with van der Waals surface area (Å²) in [5.41, 5.74) is 2.10. The lowest BCUT2D eigenvalue weighted by molar-refractivity contribution is -0.328. The normalized spacial score (nSPS) is 25.8. The Morgan fingerprint density at radius 2 is 1.37 bits per heavy atom. The summed E-state index contributed by atoms with van der Waals surface area (Å²) in [4.78, 5) is 14.1. The van der Waals surface area contributed by atoms with Crippen LogP contribution < -0.4 is 0 Å². The second kappa shape index (κ2) is 13.6. The molecule has 4 aromatic carbocycles.